The molecule has 0 atom stereocenters. The molecule has 0 saturated heterocycles. The number of sulfone groups is 1. The molecule has 1 amide bonds. The lowest BCUT2D eigenvalue weighted by Gasteiger charge is -2.09. The van der Waals surface area contributed by atoms with Crippen molar-refractivity contribution in [1.82, 2.24) is 0 Å². The number of nitrogens with one attached hydrogen (secondary N) is 1. The van der Waals surface area contributed by atoms with Crippen LogP contribution in [0.2, 0.25) is 0 Å². The molecule has 0 bridgehead atoms. The van der Waals surface area contributed by atoms with Gasteiger partial charge in [-0.15, -0.1) is 5.73 Å². The Morgan fingerprint density at radius 2 is 1.88 bits per heavy atom. The van der Waals surface area contributed by atoms with Gasteiger partial charge < -0.3 is 5.32 Å². The summed E-state index contributed by atoms with van der Waals surface area (Å²) in [5.41, 5.74) is 2.61. The Balaban J connectivity index is 3.42. The average molecular weight is 251 g/mol. The first-order valence-electron chi connectivity index (χ1n) is 4.88. The number of allylic oxidation sites excluding steroid dienone is 1. The fourth-order valence-electron chi connectivity index (χ4n) is 1.25. The van der Waals surface area contributed by atoms with Gasteiger partial charge in [0.2, 0.25) is 15.7 Å². The summed E-state index contributed by atoms with van der Waals surface area (Å²) in [4.78, 5) is 11.1. The van der Waals surface area contributed by atoms with Crippen molar-refractivity contribution in [2.75, 3.05) is 5.32 Å². The fraction of sp³-hybridized carbons (Fsp3) is 0.167. The number of hydrogen-bond donors (Lipinski definition) is 1. The van der Waals surface area contributed by atoms with Gasteiger partial charge in [0, 0.05) is 6.92 Å². The minimum Gasteiger partial charge on any atom is -0.325 e. The van der Waals surface area contributed by atoms with E-state index in [0.29, 0.717) is 0 Å². The Hall–Kier alpha value is -1.84. The molecule has 1 N–H and O–H groups in total. The van der Waals surface area contributed by atoms with E-state index in [2.05, 4.69) is 17.6 Å². The standard InChI is InChI=1S/C12H13NO3S/c1-4-9(2)17(15,16)12-8-6-5-7-11(12)13-10(3)14/h5-8H,1H2,2-3H3,(H,13,14). The third kappa shape index (κ3) is 2.84. The molecule has 17 heavy (non-hydrogen) atoms. The highest BCUT2D eigenvalue weighted by Crippen LogP contribution is 2.25. The molecular formula is C12H13NO3S. The molecule has 0 aliphatic heterocycles. The van der Waals surface area contributed by atoms with Crippen molar-refractivity contribution >= 4 is 21.4 Å². The van der Waals surface area contributed by atoms with Crippen LogP contribution < -0.4 is 5.32 Å². The van der Waals surface area contributed by atoms with Crippen LogP contribution in [-0.2, 0) is 14.6 Å². The maximum atomic E-state index is 12.1. The van der Waals surface area contributed by atoms with Crippen molar-refractivity contribution < 1.29 is 13.2 Å². The molecule has 0 radical (unpaired) electrons. The fourth-order valence-corrected chi connectivity index (χ4v) is 2.44. The van der Waals surface area contributed by atoms with Gasteiger partial charge in [-0.3, -0.25) is 4.79 Å². The van der Waals surface area contributed by atoms with Crippen molar-refractivity contribution in [2.45, 2.75) is 18.7 Å². The topological polar surface area (TPSA) is 63.2 Å². The third-order valence-electron chi connectivity index (χ3n) is 2.14. The van der Waals surface area contributed by atoms with Crippen molar-refractivity contribution in [3.63, 3.8) is 0 Å². The van der Waals surface area contributed by atoms with Gasteiger partial charge in [-0.05, 0) is 19.1 Å². The zero-order valence-electron chi connectivity index (χ0n) is 9.65. The van der Waals surface area contributed by atoms with Gasteiger partial charge in [0.1, 0.15) is 0 Å². The van der Waals surface area contributed by atoms with E-state index >= 15 is 0 Å². The molecule has 0 aliphatic carbocycles. The van der Waals surface area contributed by atoms with Crippen molar-refractivity contribution in [1.29, 1.82) is 0 Å². The lowest BCUT2D eigenvalue weighted by molar-refractivity contribution is -0.114. The van der Waals surface area contributed by atoms with E-state index < -0.39 is 9.84 Å². The highest BCUT2D eigenvalue weighted by molar-refractivity contribution is 7.95. The van der Waals surface area contributed by atoms with Crippen LogP contribution >= 0.6 is 0 Å². The van der Waals surface area contributed by atoms with Crippen LogP contribution in [0.4, 0.5) is 5.69 Å². The SMILES string of the molecule is C=C=C(C)S(=O)(=O)c1ccccc1NC(C)=O. The number of amides is 1. The number of rotatable bonds is 3. The summed E-state index contributed by atoms with van der Waals surface area (Å²) < 4.78 is 24.1. The molecule has 0 spiro atoms. The molecule has 0 heterocycles. The molecule has 4 nitrogen and oxygen atoms in total. The van der Waals surface area contributed by atoms with Gasteiger partial charge >= 0.3 is 0 Å². The third-order valence-corrected chi connectivity index (χ3v) is 4.02. The van der Waals surface area contributed by atoms with Crippen LogP contribution in [0.5, 0.6) is 0 Å². The second-order valence-corrected chi connectivity index (χ2v) is 5.47. The monoisotopic (exact) mass is 251 g/mol. The molecule has 0 fully saturated rings. The largest absolute Gasteiger partial charge is 0.325 e. The van der Waals surface area contributed by atoms with Crippen molar-refractivity contribution in [3.8, 4) is 0 Å². The number of anilines is 1. The molecule has 1 aromatic rings. The first-order chi connectivity index (χ1) is 7.89. The minimum absolute atomic E-state index is 0.0234. The first-order valence-corrected chi connectivity index (χ1v) is 6.36. The van der Waals surface area contributed by atoms with Crippen LogP contribution in [0, 0.1) is 0 Å². The van der Waals surface area contributed by atoms with E-state index in [9.17, 15) is 13.2 Å². The van der Waals surface area contributed by atoms with E-state index in [1.807, 2.05) is 0 Å². The number of hydrogen-bond acceptors (Lipinski definition) is 3. The Bertz CT molecular complexity index is 596. The van der Waals surface area contributed by atoms with E-state index in [-0.39, 0.29) is 21.4 Å². The second-order valence-electron chi connectivity index (χ2n) is 3.41. The van der Waals surface area contributed by atoms with Crippen LogP contribution in [0.25, 0.3) is 0 Å². The summed E-state index contributed by atoms with van der Waals surface area (Å²) >= 11 is 0. The zero-order valence-corrected chi connectivity index (χ0v) is 10.5. The van der Waals surface area contributed by atoms with E-state index in [0.717, 1.165) is 0 Å². The summed E-state index contributed by atoms with van der Waals surface area (Å²) in [6.07, 6.45) is 0. The number of carbonyl (C=O) groups is 1. The average Bonchev–Trinajstić information content (AvgIpc) is 2.27. The highest BCUT2D eigenvalue weighted by Gasteiger charge is 2.20. The molecule has 0 aromatic heterocycles. The summed E-state index contributed by atoms with van der Waals surface area (Å²) in [6, 6.07) is 6.21. The van der Waals surface area contributed by atoms with Gasteiger partial charge in [0.15, 0.2) is 0 Å². The molecule has 90 valence electrons. The van der Waals surface area contributed by atoms with Gasteiger partial charge in [-0.1, -0.05) is 18.7 Å². The van der Waals surface area contributed by atoms with E-state index in [1.54, 1.807) is 12.1 Å². The predicted molar refractivity (Wildman–Crippen MR) is 66.3 cm³/mol. The maximum absolute atomic E-state index is 12.1. The molecule has 0 aliphatic rings. The molecule has 1 aromatic carbocycles. The van der Waals surface area contributed by atoms with Gasteiger partial charge in [0.05, 0.1) is 15.5 Å². The quantitative estimate of drug-likeness (QED) is 0.837. The van der Waals surface area contributed by atoms with Crippen LogP contribution in [0.15, 0.2) is 46.4 Å². The van der Waals surface area contributed by atoms with Crippen LogP contribution in [0.3, 0.4) is 0 Å². The van der Waals surface area contributed by atoms with Crippen LogP contribution in [-0.4, -0.2) is 14.3 Å². The highest BCUT2D eigenvalue weighted by atomic mass is 32.2. The first kappa shape index (κ1) is 13.2. The van der Waals surface area contributed by atoms with Crippen molar-refractivity contribution in [2.24, 2.45) is 0 Å². The van der Waals surface area contributed by atoms with Crippen LogP contribution in [0.1, 0.15) is 13.8 Å². The molecule has 1 rings (SSSR count). The predicted octanol–water partition coefficient (Wildman–Crippen LogP) is 2.11. The van der Waals surface area contributed by atoms with Crippen molar-refractivity contribution in [3.05, 3.63) is 41.5 Å². The van der Waals surface area contributed by atoms with Gasteiger partial charge in [-0.25, -0.2) is 8.42 Å². The summed E-state index contributed by atoms with van der Waals surface area (Å²) in [7, 11) is -3.64. The second kappa shape index (κ2) is 4.99. The van der Waals surface area contributed by atoms with E-state index in [1.165, 1.54) is 26.0 Å². The lowest BCUT2D eigenvalue weighted by atomic mass is 10.3. The van der Waals surface area contributed by atoms with E-state index in [4.69, 9.17) is 0 Å². The summed E-state index contributed by atoms with van der Waals surface area (Å²) in [5, 5.41) is 2.48. The Labute approximate surface area is 101 Å². The smallest absolute Gasteiger partial charge is 0.221 e. The minimum atomic E-state index is -3.64. The zero-order chi connectivity index (χ0) is 13.1. The lowest BCUT2D eigenvalue weighted by Crippen LogP contribution is -2.11. The number of benzene rings is 1. The molecule has 0 unspecified atom stereocenters. The molecule has 5 heteroatoms. The van der Waals surface area contributed by atoms with Gasteiger partial charge in [-0.2, -0.15) is 0 Å². The number of carbonyl (C=O) groups excluding carboxylic acids is 1. The number of para-hydroxylation sites is 1. The molecular weight excluding hydrogens is 238 g/mol. The molecule has 0 saturated carbocycles. The Morgan fingerprint density at radius 3 is 2.41 bits per heavy atom. The maximum Gasteiger partial charge on any atom is 0.221 e. The summed E-state index contributed by atoms with van der Waals surface area (Å²) in [6.45, 7) is 6.04. The Morgan fingerprint density at radius 1 is 1.29 bits per heavy atom. The normalized spacial score (nSPS) is 10.5. The summed E-state index contributed by atoms with van der Waals surface area (Å²) in [5.74, 6) is -0.326. The Kier molecular flexibility index (Phi) is 3.89. The van der Waals surface area contributed by atoms with Gasteiger partial charge in [0.25, 0.3) is 0 Å².